The molecule has 1 amide bonds. The highest BCUT2D eigenvalue weighted by Gasteiger charge is 2.26. The smallest absolute Gasteiger partial charge is 0.332 e. The number of hydrogen-bond acceptors (Lipinski definition) is 6. The number of aromatic nitrogens is 2. The predicted molar refractivity (Wildman–Crippen MR) is 130 cm³/mol. The van der Waals surface area contributed by atoms with E-state index in [-0.39, 0.29) is 23.1 Å². The average molecular weight is 455 g/mol. The molecule has 0 bridgehead atoms. The highest BCUT2D eigenvalue weighted by atomic mass is 16.2. The van der Waals surface area contributed by atoms with Crippen molar-refractivity contribution in [3.05, 3.63) is 57.2 Å². The van der Waals surface area contributed by atoms with E-state index in [1.807, 2.05) is 11.0 Å². The highest BCUT2D eigenvalue weighted by molar-refractivity contribution is 5.79. The van der Waals surface area contributed by atoms with E-state index >= 15 is 0 Å². The van der Waals surface area contributed by atoms with Crippen molar-refractivity contribution in [1.82, 2.24) is 19.4 Å². The average Bonchev–Trinajstić information content (AvgIpc) is 2.86. The van der Waals surface area contributed by atoms with Gasteiger partial charge in [-0.3, -0.25) is 23.6 Å². The highest BCUT2D eigenvalue weighted by Crippen LogP contribution is 2.21. The summed E-state index contributed by atoms with van der Waals surface area (Å²) in [6.07, 6.45) is 1.43. The van der Waals surface area contributed by atoms with Crippen LogP contribution in [0.1, 0.15) is 12.8 Å². The lowest BCUT2D eigenvalue weighted by atomic mass is 9.96. The number of carbonyl (C=O) groups excluding carboxylic acids is 1. The third-order valence-corrected chi connectivity index (χ3v) is 6.91. The van der Waals surface area contributed by atoms with Crippen LogP contribution in [-0.4, -0.2) is 72.3 Å². The third kappa shape index (κ3) is 5.30. The van der Waals surface area contributed by atoms with Crippen LogP contribution in [-0.2, 0) is 18.9 Å². The first-order chi connectivity index (χ1) is 15.9. The van der Waals surface area contributed by atoms with E-state index in [0.717, 1.165) is 37.3 Å². The summed E-state index contributed by atoms with van der Waals surface area (Å²) < 4.78 is 2.60. The molecule has 1 aromatic carbocycles. The molecule has 1 aromatic heterocycles. The van der Waals surface area contributed by atoms with Gasteiger partial charge in [0.2, 0.25) is 5.91 Å². The van der Waals surface area contributed by atoms with Crippen LogP contribution in [0.2, 0.25) is 0 Å². The second-order valence-corrected chi connectivity index (χ2v) is 8.96. The second kappa shape index (κ2) is 10.2. The zero-order valence-electron chi connectivity index (χ0n) is 19.6. The fourth-order valence-electron chi connectivity index (χ4n) is 4.75. The standard InChI is InChI=1S/C24H34N6O3/c1-26-21(18-22(31)27(2)24(26)33)30-11-8-19(9-12-30)23(32)25-10-13-28-14-16-29(17-15-28)20-6-4-3-5-7-20/h3-7,18-19H,8-17H2,1-2H3,(H,25,32). The van der Waals surface area contributed by atoms with E-state index in [0.29, 0.717) is 38.3 Å². The SMILES string of the molecule is Cn1c(N2CCC(C(=O)NCCN3CCN(c4ccccc4)CC3)CC2)cc(=O)n(C)c1=O. The number of rotatable bonds is 6. The molecule has 2 aliphatic rings. The van der Waals surface area contributed by atoms with Crippen molar-refractivity contribution in [2.75, 3.05) is 62.2 Å². The van der Waals surface area contributed by atoms with Crippen molar-refractivity contribution in [1.29, 1.82) is 0 Å². The van der Waals surface area contributed by atoms with Crippen molar-refractivity contribution in [3.63, 3.8) is 0 Å². The summed E-state index contributed by atoms with van der Waals surface area (Å²) in [6.45, 7) is 6.83. The summed E-state index contributed by atoms with van der Waals surface area (Å²) >= 11 is 0. The maximum Gasteiger partial charge on any atom is 0.332 e. The van der Waals surface area contributed by atoms with Gasteiger partial charge in [-0.15, -0.1) is 0 Å². The van der Waals surface area contributed by atoms with Crippen LogP contribution in [0.15, 0.2) is 46.0 Å². The van der Waals surface area contributed by atoms with E-state index in [4.69, 9.17) is 0 Å². The summed E-state index contributed by atoms with van der Waals surface area (Å²) in [5, 5.41) is 3.11. The second-order valence-electron chi connectivity index (χ2n) is 8.96. The first-order valence-electron chi connectivity index (χ1n) is 11.8. The molecule has 178 valence electrons. The van der Waals surface area contributed by atoms with Gasteiger partial charge >= 0.3 is 5.69 Å². The molecule has 0 radical (unpaired) electrons. The molecule has 3 heterocycles. The van der Waals surface area contributed by atoms with Gasteiger partial charge in [-0.25, -0.2) is 4.79 Å². The van der Waals surface area contributed by atoms with Crippen molar-refractivity contribution in [2.45, 2.75) is 12.8 Å². The summed E-state index contributed by atoms with van der Waals surface area (Å²) in [7, 11) is 3.16. The molecule has 0 aliphatic carbocycles. The lowest BCUT2D eigenvalue weighted by molar-refractivity contribution is -0.125. The Morgan fingerprint density at radius 3 is 2.24 bits per heavy atom. The lowest BCUT2D eigenvalue weighted by Crippen LogP contribution is -2.49. The van der Waals surface area contributed by atoms with Gasteiger partial charge < -0.3 is 15.1 Å². The molecule has 33 heavy (non-hydrogen) atoms. The van der Waals surface area contributed by atoms with Gasteiger partial charge in [0.05, 0.1) is 0 Å². The van der Waals surface area contributed by atoms with E-state index in [9.17, 15) is 14.4 Å². The number of hydrogen-bond donors (Lipinski definition) is 1. The number of piperidine rings is 1. The normalized spacial score (nSPS) is 17.9. The Morgan fingerprint density at radius 1 is 0.909 bits per heavy atom. The molecule has 9 heteroatoms. The lowest BCUT2D eigenvalue weighted by Gasteiger charge is -2.36. The Hall–Kier alpha value is -3.07. The minimum Gasteiger partial charge on any atom is -0.369 e. The Morgan fingerprint density at radius 2 is 1.58 bits per heavy atom. The predicted octanol–water partition coefficient (Wildman–Crippen LogP) is 0.239. The van der Waals surface area contributed by atoms with Crippen LogP contribution in [0.4, 0.5) is 11.5 Å². The minimum atomic E-state index is -0.332. The largest absolute Gasteiger partial charge is 0.369 e. The molecule has 0 unspecified atom stereocenters. The van der Waals surface area contributed by atoms with Crippen molar-refractivity contribution in [2.24, 2.45) is 20.0 Å². The van der Waals surface area contributed by atoms with Crippen LogP contribution >= 0.6 is 0 Å². The van der Waals surface area contributed by atoms with E-state index in [1.54, 1.807) is 7.05 Å². The van der Waals surface area contributed by atoms with Crippen molar-refractivity contribution < 1.29 is 4.79 Å². The summed E-state index contributed by atoms with van der Waals surface area (Å²) in [6, 6.07) is 12.0. The van der Waals surface area contributed by atoms with Gasteiger partial charge in [-0.05, 0) is 25.0 Å². The maximum atomic E-state index is 12.7. The first-order valence-corrected chi connectivity index (χ1v) is 11.8. The number of para-hydroxylation sites is 1. The van der Waals surface area contributed by atoms with E-state index in [2.05, 4.69) is 39.4 Å². The molecular formula is C24H34N6O3. The first kappa shape index (κ1) is 23.1. The van der Waals surface area contributed by atoms with Crippen molar-refractivity contribution in [3.8, 4) is 0 Å². The Kier molecular flexibility index (Phi) is 7.17. The Bertz CT molecular complexity index is 1060. The van der Waals surface area contributed by atoms with Gasteiger partial charge in [-0.1, -0.05) is 18.2 Å². The van der Waals surface area contributed by atoms with Crippen LogP contribution in [0.3, 0.4) is 0 Å². The molecule has 1 N–H and O–H groups in total. The number of benzene rings is 1. The molecular weight excluding hydrogens is 420 g/mol. The van der Waals surface area contributed by atoms with Gasteiger partial charge in [0.15, 0.2) is 0 Å². The van der Waals surface area contributed by atoms with E-state index in [1.165, 1.54) is 23.4 Å². The van der Waals surface area contributed by atoms with Gasteiger partial charge in [0.25, 0.3) is 5.56 Å². The van der Waals surface area contributed by atoms with Crippen LogP contribution in [0, 0.1) is 5.92 Å². The number of anilines is 2. The number of amides is 1. The minimum absolute atomic E-state index is 0.0280. The molecule has 2 aliphatic heterocycles. The summed E-state index contributed by atoms with van der Waals surface area (Å²) in [5.74, 6) is 0.701. The molecule has 4 rings (SSSR count). The number of piperazine rings is 1. The van der Waals surface area contributed by atoms with E-state index < -0.39 is 0 Å². The fourth-order valence-corrected chi connectivity index (χ4v) is 4.75. The molecule has 2 fully saturated rings. The molecule has 2 aromatic rings. The Labute approximate surface area is 194 Å². The van der Waals surface area contributed by atoms with Crippen LogP contribution in [0.5, 0.6) is 0 Å². The Balaban J connectivity index is 1.19. The van der Waals surface area contributed by atoms with Gasteiger partial charge in [0, 0.05) is 84.1 Å². The van der Waals surface area contributed by atoms with Gasteiger partial charge in [-0.2, -0.15) is 0 Å². The van der Waals surface area contributed by atoms with Crippen molar-refractivity contribution >= 4 is 17.4 Å². The van der Waals surface area contributed by atoms with Crippen LogP contribution < -0.4 is 26.4 Å². The fraction of sp³-hybridized carbons (Fsp3) is 0.542. The topological polar surface area (TPSA) is 82.8 Å². The summed E-state index contributed by atoms with van der Waals surface area (Å²) in [4.78, 5) is 43.7. The zero-order valence-corrected chi connectivity index (χ0v) is 19.6. The molecule has 0 saturated carbocycles. The third-order valence-electron chi connectivity index (χ3n) is 6.91. The molecule has 2 saturated heterocycles. The maximum absolute atomic E-state index is 12.7. The molecule has 9 nitrogen and oxygen atoms in total. The van der Waals surface area contributed by atoms with Gasteiger partial charge in [0.1, 0.15) is 5.82 Å². The molecule has 0 spiro atoms. The number of nitrogens with one attached hydrogen (secondary N) is 1. The molecule has 0 atom stereocenters. The quantitative estimate of drug-likeness (QED) is 0.673. The number of nitrogens with zero attached hydrogens (tertiary/aromatic N) is 5. The summed E-state index contributed by atoms with van der Waals surface area (Å²) in [5.41, 5.74) is 0.632. The van der Waals surface area contributed by atoms with Crippen LogP contribution in [0.25, 0.3) is 0 Å². The number of carbonyl (C=O) groups is 1. The zero-order chi connectivity index (χ0) is 23.4. The monoisotopic (exact) mass is 454 g/mol.